The van der Waals surface area contributed by atoms with Crippen LogP contribution in [-0.4, -0.2) is 23.1 Å². The van der Waals surface area contributed by atoms with Gasteiger partial charge < -0.3 is 24.7 Å². The van der Waals surface area contributed by atoms with Gasteiger partial charge in [-0.25, -0.2) is 0 Å². The quantitative estimate of drug-likeness (QED) is 0.231. The number of halogens is 1. The number of hydrogen-bond acceptors (Lipinski definition) is 5. The number of aryl methyl sites for hydroxylation is 1. The van der Waals surface area contributed by atoms with E-state index in [9.17, 15) is 4.79 Å². The van der Waals surface area contributed by atoms with E-state index >= 15 is 0 Å². The van der Waals surface area contributed by atoms with E-state index in [1.807, 2.05) is 99.3 Å². The molecule has 2 aromatic heterocycles. The number of methoxy groups -OCH3 is 1. The number of thiocarbonyl (C=S) groups is 1. The summed E-state index contributed by atoms with van der Waals surface area (Å²) in [7, 11) is 1.58. The third-order valence-corrected chi connectivity index (χ3v) is 7.59. The highest BCUT2D eigenvalue weighted by atomic mass is 35.5. The molecular weight excluding hydrogens is 544 g/mol. The average molecular weight is 575 g/mol. The lowest BCUT2D eigenvalue weighted by molar-refractivity contribution is -0.123. The van der Waals surface area contributed by atoms with Crippen molar-refractivity contribution in [2.24, 2.45) is 5.41 Å². The summed E-state index contributed by atoms with van der Waals surface area (Å²) in [5, 5.41) is 7.61. The standard InChI is InChI=1S/C31H31ClN4O3S/c1-18-9-10-19(16-21(18)32)24-13-14-25(39-24)28-27(23-8-6-7-15-33-23)35-30(40)36(28)20-11-12-22(26(17-20)38-5)34-29(37)31(2,3)4/h6-17,27-28H,1-5H3,(H,34,37)(H,35,40)/t27-,28-/m0/s1. The number of hydrogen-bond donors (Lipinski definition) is 2. The Morgan fingerprint density at radius 3 is 2.60 bits per heavy atom. The van der Waals surface area contributed by atoms with Crippen LogP contribution in [0, 0.1) is 12.3 Å². The number of benzene rings is 2. The first kappa shape index (κ1) is 27.7. The molecule has 0 spiro atoms. The van der Waals surface area contributed by atoms with Crippen molar-refractivity contribution in [3.8, 4) is 17.1 Å². The number of aromatic nitrogens is 1. The van der Waals surface area contributed by atoms with Gasteiger partial charge in [0.25, 0.3) is 0 Å². The highest BCUT2D eigenvalue weighted by molar-refractivity contribution is 7.80. The zero-order chi connectivity index (χ0) is 28.6. The topological polar surface area (TPSA) is 79.6 Å². The summed E-state index contributed by atoms with van der Waals surface area (Å²) < 4.78 is 12.1. The second-order valence-electron chi connectivity index (χ2n) is 10.8. The summed E-state index contributed by atoms with van der Waals surface area (Å²) >= 11 is 12.3. The first-order valence-electron chi connectivity index (χ1n) is 12.9. The molecular formula is C31H31ClN4O3S. The van der Waals surface area contributed by atoms with Crippen LogP contribution in [0.25, 0.3) is 11.3 Å². The molecule has 2 N–H and O–H groups in total. The Hall–Kier alpha value is -3.88. The van der Waals surface area contributed by atoms with Gasteiger partial charge in [-0.2, -0.15) is 0 Å². The number of rotatable bonds is 6. The largest absolute Gasteiger partial charge is 0.494 e. The molecule has 0 unspecified atom stereocenters. The van der Waals surface area contributed by atoms with Gasteiger partial charge in [-0.1, -0.05) is 50.6 Å². The summed E-state index contributed by atoms with van der Waals surface area (Å²) in [4.78, 5) is 19.3. The summed E-state index contributed by atoms with van der Waals surface area (Å²) in [6.07, 6.45) is 1.76. The Morgan fingerprint density at radius 2 is 1.93 bits per heavy atom. The number of ether oxygens (including phenoxy) is 1. The van der Waals surface area contributed by atoms with Crippen LogP contribution < -0.4 is 20.3 Å². The molecule has 0 saturated carbocycles. The normalized spacial score (nSPS) is 17.1. The first-order chi connectivity index (χ1) is 19.1. The predicted molar refractivity (Wildman–Crippen MR) is 163 cm³/mol. The van der Waals surface area contributed by atoms with Crippen molar-refractivity contribution >= 4 is 46.2 Å². The number of carbonyl (C=O) groups is 1. The smallest absolute Gasteiger partial charge is 0.229 e. The third-order valence-electron chi connectivity index (χ3n) is 6.87. The number of pyridine rings is 1. The lowest BCUT2D eigenvalue weighted by atomic mass is 9.95. The van der Waals surface area contributed by atoms with E-state index in [2.05, 4.69) is 15.6 Å². The summed E-state index contributed by atoms with van der Waals surface area (Å²) in [6, 6.07) is 20.5. The second-order valence-corrected chi connectivity index (χ2v) is 11.5. The molecule has 1 amide bonds. The molecule has 1 fully saturated rings. The highest BCUT2D eigenvalue weighted by Crippen LogP contribution is 2.44. The van der Waals surface area contributed by atoms with Gasteiger partial charge in [0.2, 0.25) is 5.91 Å². The number of amides is 1. The molecule has 5 rings (SSSR count). The van der Waals surface area contributed by atoms with Gasteiger partial charge in [0.15, 0.2) is 5.11 Å². The van der Waals surface area contributed by atoms with Crippen molar-refractivity contribution in [2.45, 2.75) is 39.8 Å². The fourth-order valence-electron chi connectivity index (χ4n) is 4.58. The van der Waals surface area contributed by atoms with Crippen LogP contribution in [0.4, 0.5) is 11.4 Å². The maximum atomic E-state index is 12.7. The SMILES string of the molecule is COc1cc(N2C(=S)N[C@@H](c3ccccn3)[C@@H]2c2ccc(-c3ccc(C)c(Cl)c3)o2)ccc1NC(=O)C(C)(C)C. The summed E-state index contributed by atoms with van der Waals surface area (Å²) in [6.45, 7) is 7.56. The Morgan fingerprint density at radius 1 is 1.12 bits per heavy atom. The van der Waals surface area contributed by atoms with Crippen molar-refractivity contribution in [3.05, 3.63) is 95.0 Å². The molecule has 0 bridgehead atoms. The first-order valence-corrected chi connectivity index (χ1v) is 13.7. The molecule has 3 heterocycles. The van der Waals surface area contributed by atoms with Crippen LogP contribution in [0.1, 0.15) is 49.9 Å². The minimum atomic E-state index is -0.552. The van der Waals surface area contributed by atoms with Crippen LogP contribution >= 0.6 is 23.8 Å². The molecule has 7 nitrogen and oxygen atoms in total. The van der Waals surface area contributed by atoms with Crippen molar-refractivity contribution in [3.63, 3.8) is 0 Å². The van der Waals surface area contributed by atoms with E-state index < -0.39 is 5.41 Å². The van der Waals surface area contributed by atoms with Crippen molar-refractivity contribution in [2.75, 3.05) is 17.3 Å². The van der Waals surface area contributed by atoms with Gasteiger partial charge in [-0.15, -0.1) is 0 Å². The van der Waals surface area contributed by atoms with E-state index in [0.29, 0.717) is 33.1 Å². The fourth-order valence-corrected chi connectivity index (χ4v) is 5.10. The van der Waals surface area contributed by atoms with E-state index in [1.54, 1.807) is 13.3 Å². The molecule has 0 radical (unpaired) electrons. The molecule has 9 heteroatoms. The summed E-state index contributed by atoms with van der Waals surface area (Å²) in [5.74, 6) is 1.82. The number of carbonyl (C=O) groups excluding carboxylic acids is 1. The van der Waals surface area contributed by atoms with Crippen LogP contribution in [0.15, 0.2) is 77.3 Å². The van der Waals surface area contributed by atoms with Crippen LogP contribution in [0.3, 0.4) is 0 Å². The molecule has 4 aromatic rings. The lowest BCUT2D eigenvalue weighted by Gasteiger charge is -2.27. The van der Waals surface area contributed by atoms with Crippen molar-refractivity contribution in [1.29, 1.82) is 0 Å². The van der Waals surface area contributed by atoms with Crippen molar-refractivity contribution in [1.82, 2.24) is 10.3 Å². The van der Waals surface area contributed by atoms with Gasteiger partial charge in [-0.3, -0.25) is 9.78 Å². The Balaban J connectivity index is 1.56. The Bertz CT molecular complexity index is 1560. The van der Waals surface area contributed by atoms with Gasteiger partial charge in [0.1, 0.15) is 23.3 Å². The van der Waals surface area contributed by atoms with Crippen LogP contribution in [-0.2, 0) is 4.79 Å². The monoisotopic (exact) mass is 574 g/mol. The van der Waals surface area contributed by atoms with E-state index in [4.69, 9.17) is 33.0 Å². The number of nitrogens with one attached hydrogen (secondary N) is 2. The van der Waals surface area contributed by atoms with E-state index in [1.165, 1.54) is 0 Å². The number of furan rings is 1. The van der Waals surface area contributed by atoms with E-state index in [-0.39, 0.29) is 18.0 Å². The lowest BCUT2D eigenvalue weighted by Crippen LogP contribution is -2.30. The molecule has 2 atom stereocenters. The van der Waals surface area contributed by atoms with Crippen LogP contribution in [0.2, 0.25) is 5.02 Å². The Kier molecular flexibility index (Phi) is 7.57. The second kappa shape index (κ2) is 10.9. The van der Waals surface area contributed by atoms with Gasteiger partial charge in [0, 0.05) is 34.0 Å². The van der Waals surface area contributed by atoms with Crippen molar-refractivity contribution < 1.29 is 13.9 Å². The highest BCUT2D eigenvalue weighted by Gasteiger charge is 2.43. The number of nitrogens with zero attached hydrogens (tertiary/aromatic N) is 2. The van der Waals surface area contributed by atoms with Gasteiger partial charge in [0.05, 0.1) is 24.5 Å². The minimum absolute atomic E-state index is 0.107. The van der Waals surface area contributed by atoms with Gasteiger partial charge in [-0.05, 0) is 67.2 Å². The molecule has 0 aliphatic carbocycles. The van der Waals surface area contributed by atoms with Crippen LogP contribution in [0.5, 0.6) is 5.75 Å². The van der Waals surface area contributed by atoms with E-state index in [0.717, 1.165) is 22.5 Å². The van der Waals surface area contributed by atoms with Gasteiger partial charge >= 0.3 is 0 Å². The minimum Gasteiger partial charge on any atom is -0.494 e. The third kappa shape index (κ3) is 5.42. The molecule has 40 heavy (non-hydrogen) atoms. The zero-order valence-corrected chi connectivity index (χ0v) is 24.6. The molecule has 1 saturated heterocycles. The molecule has 1 aliphatic heterocycles. The number of anilines is 2. The Labute approximate surface area is 244 Å². The zero-order valence-electron chi connectivity index (χ0n) is 23.0. The maximum absolute atomic E-state index is 12.7. The molecule has 2 aromatic carbocycles. The fraction of sp³-hybridized carbons (Fsp3) is 0.258. The average Bonchev–Trinajstić information content (AvgIpc) is 3.55. The molecule has 1 aliphatic rings. The maximum Gasteiger partial charge on any atom is 0.229 e. The molecule has 206 valence electrons. The summed E-state index contributed by atoms with van der Waals surface area (Å²) in [5.41, 5.74) is 3.53. The predicted octanol–water partition coefficient (Wildman–Crippen LogP) is 7.47.